The number of nitrogens with one attached hydrogen (secondary N) is 1. The number of primary amides is 1. The number of rotatable bonds is 2. The van der Waals surface area contributed by atoms with Gasteiger partial charge in [-0.3, -0.25) is 9.59 Å². The summed E-state index contributed by atoms with van der Waals surface area (Å²) in [6.07, 6.45) is 1.35. The fourth-order valence-electron chi connectivity index (χ4n) is 1.25. The zero-order valence-electron chi connectivity index (χ0n) is 8.97. The van der Waals surface area contributed by atoms with Crippen LogP contribution in [0.5, 0.6) is 11.5 Å². The van der Waals surface area contributed by atoms with Gasteiger partial charge in [0, 0.05) is 10.0 Å². The summed E-state index contributed by atoms with van der Waals surface area (Å²) in [5.74, 6) is -0.874. The molecule has 0 aliphatic carbocycles. The SMILES string of the molecule is NC(=O)C(=O)N/N=C/c1cc2c(cc1Br)OCO2. The van der Waals surface area contributed by atoms with E-state index < -0.39 is 11.8 Å². The van der Waals surface area contributed by atoms with Gasteiger partial charge in [0.15, 0.2) is 11.5 Å². The summed E-state index contributed by atoms with van der Waals surface area (Å²) in [7, 11) is 0. The maximum Gasteiger partial charge on any atom is 0.329 e. The number of carbonyl (C=O) groups excluding carboxylic acids is 2. The number of nitrogens with zero attached hydrogens (tertiary/aromatic N) is 1. The van der Waals surface area contributed by atoms with Gasteiger partial charge in [0.05, 0.1) is 6.21 Å². The van der Waals surface area contributed by atoms with E-state index >= 15 is 0 Å². The quantitative estimate of drug-likeness (QED) is 0.459. The van der Waals surface area contributed by atoms with Crippen LogP contribution in [0.1, 0.15) is 5.56 Å². The van der Waals surface area contributed by atoms with Gasteiger partial charge in [0.25, 0.3) is 0 Å². The summed E-state index contributed by atoms with van der Waals surface area (Å²) >= 11 is 3.31. The summed E-state index contributed by atoms with van der Waals surface area (Å²) < 4.78 is 11.1. The highest BCUT2D eigenvalue weighted by atomic mass is 79.9. The largest absolute Gasteiger partial charge is 0.454 e. The zero-order valence-corrected chi connectivity index (χ0v) is 10.6. The van der Waals surface area contributed by atoms with E-state index in [-0.39, 0.29) is 6.79 Å². The maximum absolute atomic E-state index is 10.8. The Hall–Kier alpha value is -2.09. The predicted octanol–water partition coefficient (Wildman–Crippen LogP) is 0.113. The minimum Gasteiger partial charge on any atom is -0.454 e. The molecule has 0 saturated carbocycles. The molecule has 0 aromatic heterocycles. The van der Waals surface area contributed by atoms with Crippen molar-refractivity contribution in [3.8, 4) is 11.5 Å². The van der Waals surface area contributed by atoms with Gasteiger partial charge in [0.1, 0.15) is 0 Å². The molecule has 1 aliphatic rings. The van der Waals surface area contributed by atoms with Crippen molar-refractivity contribution >= 4 is 34.0 Å². The van der Waals surface area contributed by atoms with E-state index in [1.54, 1.807) is 12.1 Å². The Morgan fingerprint density at radius 1 is 1.39 bits per heavy atom. The maximum atomic E-state index is 10.8. The van der Waals surface area contributed by atoms with Crippen LogP contribution in [0, 0.1) is 0 Å². The lowest BCUT2D eigenvalue weighted by Gasteiger charge is -2.01. The predicted molar refractivity (Wildman–Crippen MR) is 65.2 cm³/mol. The van der Waals surface area contributed by atoms with Gasteiger partial charge in [-0.25, -0.2) is 5.43 Å². The fourth-order valence-corrected chi connectivity index (χ4v) is 1.67. The smallest absolute Gasteiger partial charge is 0.329 e. The third-order valence-corrected chi connectivity index (χ3v) is 2.77. The van der Waals surface area contributed by atoms with Crippen LogP contribution in [0.25, 0.3) is 0 Å². The van der Waals surface area contributed by atoms with Gasteiger partial charge < -0.3 is 15.2 Å². The molecule has 3 N–H and O–H groups in total. The molecule has 8 heteroatoms. The number of ether oxygens (including phenoxy) is 2. The van der Waals surface area contributed by atoms with Crippen LogP contribution in [-0.4, -0.2) is 24.8 Å². The first kappa shape index (κ1) is 12.4. The number of hydrogen-bond donors (Lipinski definition) is 2. The third kappa shape index (κ3) is 2.59. The summed E-state index contributed by atoms with van der Waals surface area (Å²) in [5.41, 5.74) is 7.39. The van der Waals surface area contributed by atoms with Gasteiger partial charge in [-0.05, 0) is 28.1 Å². The molecule has 94 valence electrons. The first-order valence-electron chi connectivity index (χ1n) is 4.80. The van der Waals surface area contributed by atoms with Crippen LogP contribution in [0.2, 0.25) is 0 Å². The number of benzene rings is 1. The highest BCUT2D eigenvalue weighted by Crippen LogP contribution is 2.36. The number of carbonyl (C=O) groups is 2. The molecule has 1 aliphatic heterocycles. The lowest BCUT2D eigenvalue weighted by Crippen LogP contribution is -2.32. The molecule has 0 bridgehead atoms. The van der Waals surface area contributed by atoms with Crippen molar-refractivity contribution in [2.24, 2.45) is 10.8 Å². The molecular formula is C10H8BrN3O4. The minimum absolute atomic E-state index is 0.167. The Kier molecular flexibility index (Phi) is 3.47. The molecule has 2 rings (SSSR count). The summed E-state index contributed by atoms with van der Waals surface area (Å²) in [6.45, 7) is 0.167. The van der Waals surface area contributed by atoms with Crippen molar-refractivity contribution in [1.82, 2.24) is 5.43 Å². The van der Waals surface area contributed by atoms with E-state index in [9.17, 15) is 9.59 Å². The number of hydrazone groups is 1. The van der Waals surface area contributed by atoms with Crippen molar-refractivity contribution in [2.75, 3.05) is 6.79 Å². The van der Waals surface area contributed by atoms with Crippen molar-refractivity contribution in [3.05, 3.63) is 22.2 Å². The van der Waals surface area contributed by atoms with E-state index in [1.807, 2.05) is 5.43 Å². The Morgan fingerprint density at radius 2 is 2.06 bits per heavy atom. The van der Waals surface area contributed by atoms with E-state index in [1.165, 1.54) is 6.21 Å². The molecule has 7 nitrogen and oxygen atoms in total. The highest BCUT2D eigenvalue weighted by Gasteiger charge is 2.15. The van der Waals surface area contributed by atoms with Crippen LogP contribution < -0.4 is 20.6 Å². The number of halogens is 1. The Morgan fingerprint density at radius 3 is 2.72 bits per heavy atom. The molecule has 0 atom stereocenters. The monoisotopic (exact) mass is 313 g/mol. The number of fused-ring (bicyclic) bond motifs is 1. The van der Waals surface area contributed by atoms with Gasteiger partial charge in [-0.2, -0.15) is 5.10 Å². The molecular weight excluding hydrogens is 306 g/mol. The third-order valence-electron chi connectivity index (χ3n) is 2.09. The number of hydrogen-bond acceptors (Lipinski definition) is 5. The second-order valence-electron chi connectivity index (χ2n) is 3.29. The van der Waals surface area contributed by atoms with E-state index in [0.29, 0.717) is 21.5 Å². The van der Waals surface area contributed by atoms with E-state index in [4.69, 9.17) is 15.2 Å². The van der Waals surface area contributed by atoms with Gasteiger partial charge in [-0.15, -0.1) is 0 Å². The molecule has 1 aromatic carbocycles. The highest BCUT2D eigenvalue weighted by molar-refractivity contribution is 9.10. The van der Waals surface area contributed by atoms with Crippen molar-refractivity contribution < 1.29 is 19.1 Å². The average Bonchev–Trinajstić information content (AvgIpc) is 2.75. The Balaban J connectivity index is 2.12. The Bertz CT molecular complexity index is 544. The van der Waals surface area contributed by atoms with Crippen LogP contribution in [0.3, 0.4) is 0 Å². The Labute approximate surface area is 110 Å². The molecule has 2 amide bonds. The molecule has 0 fully saturated rings. The van der Waals surface area contributed by atoms with Gasteiger partial charge in [-0.1, -0.05) is 0 Å². The van der Waals surface area contributed by atoms with Crippen LogP contribution in [0.4, 0.5) is 0 Å². The second kappa shape index (κ2) is 5.05. The summed E-state index contributed by atoms with van der Waals surface area (Å²) in [4.78, 5) is 21.3. The lowest BCUT2D eigenvalue weighted by atomic mass is 10.2. The van der Waals surface area contributed by atoms with Gasteiger partial charge >= 0.3 is 11.8 Å². The molecule has 18 heavy (non-hydrogen) atoms. The van der Waals surface area contributed by atoms with Crippen LogP contribution >= 0.6 is 15.9 Å². The first-order valence-corrected chi connectivity index (χ1v) is 5.59. The molecule has 0 saturated heterocycles. The average molecular weight is 314 g/mol. The van der Waals surface area contributed by atoms with E-state index in [0.717, 1.165) is 0 Å². The second-order valence-corrected chi connectivity index (χ2v) is 4.14. The molecule has 1 aromatic rings. The van der Waals surface area contributed by atoms with Crippen molar-refractivity contribution in [2.45, 2.75) is 0 Å². The minimum atomic E-state index is -1.10. The molecule has 1 heterocycles. The normalized spacial score (nSPS) is 12.7. The van der Waals surface area contributed by atoms with Crippen molar-refractivity contribution in [1.29, 1.82) is 0 Å². The number of nitrogens with two attached hydrogens (primary N) is 1. The standard InChI is InChI=1S/C10H8BrN3O4/c11-6-2-8-7(17-4-18-8)1-5(6)3-13-14-10(16)9(12)15/h1-3H,4H2,(H2,12,15)(H,14,16)/b13-3+. The van der Waals surface area contributed by atoms with Crippen LogP contribution in [0.15, 0.2) is 21.7 Å². The molecule has 0 spiro atoms. The van der Waals surface area contributed by atoms with Crippen molar-refractivity contribution in [3.63, 3.8) is 0 Å². The lowest BCUT2D eigenvalue weighted by molar-refractivity contribution is -0.137. The zero-order chi connectivity index (χ0) is 13.1. The topological polar surface area (TPSA) is 103 Å². The summed E-state index contributed by atoms with van der Waals surface area (Å²) in [5, 5.41) is 3.60. The molecule has 0 unspecified atom stereocenters. The fraction of sp³-hybridized carbons (Fsp3) is 0.100. The summed E-state index contributed by atoms with van der Waals surface area (Å²) in [6, 6.07) is 3.41. The van der Waals surface area contributed by atoms with Crippen LogP contribution in [-0.2, 0) is 9.59 Å². The van der Waals surface area contributed by atoms with Gasteiger partial charge in [0.2, 0.25) is 6.79 Å². The van der Waals surface area contributed by atoms with E-state index in [2.05, 4.69) is 21.0 Å². The number of amides is 2. The molecule has 0 radical (unpaired) electrons. The first-order chi connectivity index (χ1) is 8.58.